The molecule has 0 radical (unpaired) electrons. The molecule has 0 saturated carbocycles. The van der Waals surface area contributed by atoms with Crippen molar-refractivity contribution in [1.29, 1.82) is 0 Å². The van der Waals surface area contributed by atoms with E-state index >= 15 is 0 Å². The van der Waals surface area contributed by atoms with Gasteiger partial charge < -0.3 is 5.32 Å². The number of carbonyl (C=O) groups is 1. The highest BCUT2D eigenvalue weighted by Gasteiger charge is 2.44. The van der Waals surface area contributed by atoms with Crippen molar-refractivity contribution in [2.45, 2.75) is 25.7 Å². The van der Waals surface area contributed by atoms with Crippen LogP contribution in [0.25, 0.3) is 0 Å². The summed E-state index contributed by atoms with van der Waals surface area (Å²) in [6.45, 7) is 3.87. The van der Waals surface area contributed by atoms with Crippen LogP contribution in [0.4, 0.5) is 5.69 Å². The highest BCUT2D eigenvalue weighted by molar-refractivity contribution is 6.07. The van der Waals surface area contributed by atoms with Crippen molar-refractivity contribution in [3.05, 3.63) is 63.9 Å². The van der Waals surface area contributed by atoms with E-state index in [4.69, 9.17) is 0 Å². The highest BCUT2D eigenvalue weighted by Crippen LogP contribution is 2.41. The van der Waals surface area contributed by atoms with Gasteiger partial charge in [0.2, 0.25) is 12.1 Å². The number of anilines is 1. The van der Waals surface area contributed by atoms with E-state index in [9.17, 15) is 14.9 Å². The van der Waals surface area contributed by atoms with Crippen LogP contribution in [0.3, 0.4) is 0 Å². The highest BCUT2D eigenvalue weighted by atomic mass is 16.6. The quantitative estimate of drug-likeness (QED) is 0.520. The maximum absolute atomic E-state index is 12.4. The topological polar surface area (TPSA) is 72.2 Å². The molecule has 1 aliphatic heterocycles. The van der Waals surface area contributed by atoms with E-state index in [1.165, 1.54) is 6.08 Å². The lowest BCUT2D eigenvalue weighted by molar-refractivity contribution is -0.402. The van der Waals surface area contributed by atoms with Gasteiger partial charge in [-0.2, -0.15) is 0 Å². The smallest absolute Gasteiger partial charge is 0.239 e. The van der Waals surface area contributed by atoms with Gasteiger partial charge in [-0.25, -0.2) is 0 Å². The van der Waals surface area contributed by atoms with E-state index in [2.05, 4.69) is 5.32 Å². The predicted molar refractivity (Wildman–Crippen MR) is 76.9 cm³/mol. The number of para-hydroxylation sites is 1. The molecule has 1 N–H and O–H groups in total. The second-order valence-corrected chi connectivity index (χ2v) is 5.06. The van der Waals surface area contributed by atoms with Crippen molar-refractivity contribution in [3.63, 3.8) is 0 Å². The molecular weight excluding hydrogens is 256 g/mol. The summed E-state index contributed by atoms with van der Waals surface area (Å²) in [5, 5.41) is 13.4. The molecular formula is C15H16N2O3. The van der Waals surface area contributed by atoms with Gasteiger partial charge in [-0.3, -0.25) is 14.9 Å². The maximum atomic E-state index is 12.4. The molecule has 0 saturated heterocycles. The monoisotopic (exact) mass is 272 g/mol. The van der Waals surface area contributed by atoms with Gasteiger partial charge >= 0.3 is 0 Å². The largest absolute Gasteiger partial charge is 0.325 e. The van der Waals surface area contributed by atoms with E-state index in [1.54, 1.807) is 6.07 Å². The third-order valence-electron chi connectivity index (χ3n) is 3.37. The van der Waals surface area contributed by atoms with Crippen molar-refractivity contribution >= 4 is 11.6 Å². The molecule has 0 bridgehead atoms. The van der Waals surface area contributed by atoms with Crippen LogP contribution in [0.5, 0.6) is 0 Å². The van der Waals surface area contributed by atoms with Crippen LogP contribution in [0, 0.1) is 10.1 Å². The SMILES string of the molecule is CC(C)=CCC1(/C=C/[N+](=O)[O-])C(=O)Nc2ccccc21. The fraction of sp³-hybridized carbons (Fsp3) is 0.267. The second kappa shape index (κ2) is 5.28. The lowest BCUT2D eigenvalue weighted by Gasteiger charge is -2.21. The summed E-state index contributed by atoms with van der Waals surface area (Å²) in [5.74, 6) is -0.227. The Labute approximate surface area is 117 Å². The number of hydrogen-bond donors (Lipinski definition) is 1. The average molecular weight is 272 g/mol. The van der Waals surface area contributed by atoms with Crippen LogP contribution in [0.15, 0.2) is 48.2 Å². The number of hydrogen-bond acceptors (Lipinski definition) is 3. The van der Waals surface area contributed by atoms with E-state index < -0.39 is 10.3 Å². The number of nitrogens with zero attached hydrogens (tertiary/aromatic N) is 1. The van der Waals surface area contributed by atoms with Gasteiger partial charge in [-0.1, -0.05) is 29.8 Å². The minimum atomic E-state index is -0.999. The first-order valence-electron chi connectivity index (χ1n) is 6.33. The molecule has 5 heteroatoms. The van der Waals surface area contributed by atoms with Crippen molar-refractivity contribution in [2.24, 2.45) is 0 Å². The summed E-state index contributed by atoms with van der Waals surface area (Å²) in [4.78, 5) is 22.4. The molecule has 1 unspecified atom stereocenters. The van der Waals surface area contributed by atoms with Crippen molar-refractivity contribution < 1.29 is 9.72 Å². The Morgan fingerprint density at radius 2 is 2.10 bits per heavy atom. The van der Waals surface area contributed by atoms with Crippen molar-refractivity contribution in [3.8, 4) is 0 Å². The second-order valence-electron chi connectivity index (χ2n) is 5.06. The number of nitrogens with one attached hydrogen (secondary N) is 1. The molecule has 0 aromatic heterocycles. The van der Waals surface area contributed by atoms with Gasteiger partial charge in [0, 0.05) is 11.8 Å². The summed E-state index contributed by atoms with van der Waals surface area (Å²) < 4.78 is 0. The molecule has 20 heavy (non-hydrogen) atoms. The summed E-state index contributed by atoms with van der Waals surface area (Å²) in [6, 6.07) is 7.29. The third-order valence-corrected chi connectivity index (χ3v) is 3.37. The summed E-state index contributed by atoms with van der Waals surface area (Å²) in [7, 11) is 0. The number of benzene rings is 1. The number of amides is 1. The first kappa shape index (κ1) is 14.0. The average Bonchev–Trinajstić information content (AvgIpc) is 2.67. The Kier molecular flexibility index (Phi) is 3.70. The summed E-state index contributed by atoms with van der Waals surface area (Å²) in [5.41, 5.74) is 1.56. The Bertz CT molecular complexity index is 615. The van der Waals surface area contributed by atoms with Crippen LogP contribution < -0.4 is 5.32 Å². The predicted octanol–water partition coefficient (Wildman–Crippen LogP) is 3.02. The lowest BCUT2D eigenvalue weighted by Crippen LogP contribution is -2.32. The normalized spacial score (nSPS) is 20.6. The van der Waals surface area contributed by atoms with Gasteiger partial charge in [0.1, 0.15) is 5.41 Å². The van der Waals surface area contributed by atoms with Crippen LogP contribution >= 0.6 is 0 Å². The van der Waals surface area contributed by atoms with Crippen LogP contribution in [0.2, 0.25) is 0 Å². The Morgan fingerprint density at radius 1 is 1.40 bits per heavy atom. The van der Waals surface area contributed by atoms with Crippen molar-refractivity contribution in [1.82, 2.24) is 0 Å². The maximum Gasteiger partial charge on any atom is 0.239 e. The van der Waals surface area contributed by atoms with Crippen LogP contribution in [0.1, 0.15) is 25.8 Å². The fourth-order valence-corrected chi connectivity index (χ4v) is 2.33. The Balaban J connectivity index is 2.54. The Hall–Kier alpha value is -2.43. The van der Waals surface area contributed by atoms with E-state index in [1.807, 2.05) is 38.1 Å². The molecule has 1 aromatic carbocycles. The number of rotatable bonds is 4. The van der Waals surface area contributed by atoms with E-state index in [0.717, 1.165) is 17.3 Å². The van der Waals surface area contributed by atoms with E-state index in [-0.39, 0.29) is 5.91 Å². The molecule has 1 atom stereocenters. The zero-order valence-corrected chi connectivity index (χ0v) is 11.4. The van der Waals surface area contributed by atoms with Gasteiger partial charge in [-0.05, 0) is 31.9 Å². The third kappa shape index (κ3) is 2.47. The molecule has 1 amide bonds. The molecule has 1 aromatic rings. The summed E-state index contributed by atoms with van der Waals surface area (Å²) in [6.07, 6.45) is 4.56. The molecule has 0 aliphatic carbocycles. The molecule has 0 spiro atoms. The molecule has 5 nitrogen and oxygen atoms in total. The van der Waals surface area contributed by atoms with Gasteiger partial charge in [0.25, 0.3) is 0 Å². The standard InChI is InChI=1S/C15H16N2O3/c1-11(2)7-8-15(9-10-17(19)20)12-5-3-4-6-13(12)16-14(15)18/h3-7,9-10H,8H2,1-2H3,(H,16,18)/b10-9+. The molecule has 2 rings (SSSR count). The van der Waals surface area contributed by atoms with Crippen LogP contribution in [-0.2, 0) is 10.2 Å². The van der Waals surface area contributed by atoms with Gasteiger partial charge in [-0.15, -0.1) is 0 Å². The van der Waals surface area contributed by atoms with Gasteiger partial charge in [0.15, 0.2) is 0 Å². The molecule has 1 aliphatic rings. The number of fused-ring (bicyclic) bond motifs is 1. The Morgan fingerprint density at radius 3 is 2.75 bits per heavy atom. The molecule has 1 heterocycles. The zero-order chi connectivity index (χ0) is 14.8. The number of carbonyl (C=O) groups excluding carboxylic acids is 1. The minimum Gasteiger partial charge on any atom is -0.325 e. The first-order chi connectivity index (χ1) is 9.45. The zero-order valence-electron chi connectivity index (χ0n) is 11.4. The van der Waals surface area contributed by atoms with Gasteiger partial charge in [0.05, 0.1) is 4.92 Å². The molecule has 104 valence electrons. The first-order valence-corrected chi connectivity index (χ1v) is 6.33. The molecule has 0 fully saturated rings. The van der Waals surface area contributed by atoms with Crippen LogP contribution in [-0.4, -0.2) is 10.8 Å². The lowest BCUT2D eigenvalue weighted by atomic mass is 9.78. The van der Waals surface area contributed by atoms with Crippen molar-refractivity contribution in [2.75, 3.05) is 5.32 Å². The summed E-state index contributed by atoms with van der Waals surface area (Å²) >= 11 is 0. The number of nitro groups is 1. The minimum absolute atomic E-state index is 0.227. The fourth-order valence-electron chi connectivity index (χ4n) is 2.33. The van der Waals surface area contributed by atoms with E-state index in [0.29, 0.717) is 12.1 Å². The number of allylic oxidation sites excluding steroid dienone is 2.